The molecule has 258 valence electrons. The number of carboxylic acid groups (broad SMARTS) is 2. The second kappa shape index (κ2) is 14.4. The molecule has 18 unspecified atom stereocenters. The molecule has 0 aromatic rings. The number of methoxy groups -OCH3 is 1. The van der Waals surface area contributed by atoms with Gasteiger partial charge in [0.1, 0.15) is 0 Å². The molecule has 5 heterocycles. The monoisotopic (exact) mass is 634 g/mol. The van der Waals surface area contributed by atoms with Crippen LogP contribution in [-0.4, -0.2) is 94.9 Å². The van der Waals surface area contributed by atoms with Crippen LogP contribution in [0.25, 0.3) is 0 Å². The minimum Gasteiger partial charge on any atom is -0.481 e. The Morgan fingerprint density at radius 3 is 1.40 bits per heavy atom. The number of carbonyl (C=O) groups is 2. The van der Waals surface area contributed by atoms with Crippen molar-refractivity contribution in [3.8, 4) is 0 Å². The molecule has 5 fully saturated rings. The van der Waals surface area contributed by atoms with Gasteiger partial charge in [-0.2, -0.15) is 0 Å². The zero-order valence-electron chi connectivity index (χ0n) is 28.6. The first-order valence-electron chi connectivity index (χ1n) is 18.0. The lowest BCUT2D eigenvalue weighted by Crippen LogP contribution is -2.46. The largest absolute Gasteiger partial charge is 0.481 e. The fourth-order valence-corrected chi connectivity index (χ4v) is 11.1. The van der Waals surface area contributed by atoms with Crippen LogP contribution in [-0.2, 0) is 14.3 Å². The molecule has 0 aliphatic carbocycles. The van der Waals surface area contributed by atoms with Gasteiger partial charge in [-0.3, -0.25) is 9.59 Å². The fraction of sp³-hybridized carbons (Fsp3) is 0.943. The molecular formula is C35H62N4O6. The highest BCUT2D eigenvalue weighted by Crippen LogP contribution is 2.45. The molecule has 0 aromatic carbocycles. The summed E-state index contributed by atoms with van der Waals surface area (Å²) in [5.41, 5.74) is 0. The standard InChI is InChI=1S/C35H62N4O6/c1-16-22(8-10-32(41)42)28-15-29-23(9-11-33(43)44)17(2)25(37-29)13-30-34(20(5)40)18(3)27(38-30)14-31-35(21(6)45-7)19(4)26(39-31)12-24(16)36-28/h16-31,34-40H,8-15H2,1-7H3,(H,41,42)(H,43,44). The van der Waals surface area contributed by atoms with Crippen molar-refractivity contribution in [2.45, 2.75) is 153 Å². The van der Waals surface area contributed by atoms with Gasteiger partial charge in [-0.1, -0.05) is 27.7 Å². The molecule has 0 spiro atoms. The number of ether oxygens (including phenoxy) is 1. The second-order valence-electron chi connectivity index (χ2n) is 15.9. The SMILES string of the molecule is COC(C)C1C2CC3NC(CC4NC(CC5NC(CC(N2)C1C)C(C)C5CCC(=O)O)C(CCC(=O)O)C4C)C(C(C)O)C3C. The Bertz CT molecular complexity index is 1030. The maximum absolute atomic E-state index is 11.7. The van der Waals surface area contributed by atoms with Crippen LogP contribution in [0.3, 0.4) is 0 Å². The molecule has 8 bridgehead atoms. The molecule has 18 atom stereocenters. The first kappa shape index (κ1) is 35.0. The highest BCUT2D eigenvalue weighted by molar-refractivity contribution is 5.67. The van der Waals surface area contributed by atoms with E-state index >= 15 is 0 Å². The molecule has 10 nitrogen and oxygen atoms in total. The highest BCUT2D eigenvalue weighted by Gasteiger charge is 2.52. The second-order valence-corrected chi connectivity index (χ2v) is 15.9. The van der Waals surface area contributed by atoms with E-state index in [1.54, 1.807) is 0 Å². The van der Waals surface area contributed by atoms with Gasteiger partial charge >= 0.3 is 11.9 Å². The summed E-state index contributed by atoms with van der Waals surface area (Å²) in [5.74, 6) is 0.874. The van der Waals surface area contributed by atoms with E-state index in [1.165, 1.54) is 0 Å². The number of carboxylic acids is 2. The molecule has 5 rings (SSSR count). The first-order valence-corrected chi connectivity index (χ1v) is 18.0. The number of aliphatic hydroxyl groups excluding tert-OH is 1. The van der Waals surface area contributed by atoms with Crippen LogP contribution in [0.15, 0.2) is 0 Å². The van der Waals surface area contributed by atoms with E-state index in [0.717, 1.165) is 25.7 Å². The van der Waals surface area contributed by atoms with Crippen molar-refractivity contribution in [2.75, 3.05) is 7.11 Å². The van der Waals surface area contributed by atoms with Crippen LogP contribution in [0.2, 0.25) is 0 Å². The lowest BCUT2D eigenvalue weighted by molar-refractivity contribution is -0.138. The summed E-state index contributed by atoms with van der Waals surface area (Å²) in [6.45, 7) is 13.4. The maximum Gasteiger partial charge on any atom is 0.303 e. The topological polar surface area (TPSA) is 152 Å². The van der Waals surface area contributed by atoms with Crippen LogP contribution in [0.1, 0.15) is 92.9 Å². The van der Waals surface area contributed by atoms with Crippen molar-refractivity contribution >= 4 is 11.9 Å². The van der Waals surface area contributed by atoms with Crippen LogP contribution in [0.4, 0.5) is 0 Å². The molecule has 0 saturated carbocycles. The highest BCUT2D eigenvalue weighted by atomic mass is 16.5. The van der Waals surface area contributed by atoms with Gasteiger partial charge < -0.3 is 41.3 Å². The number of rotatable bonds is 9. The molecule has 7 N–H and O–H groups in total. The van der Waals surface area contributed by atoms with E-state index in [1.807, 2.05) is 14.0 Å². The summed E-state index contributed by atoms with van der Waals surface area (Å²) in [6, 6.07) is 1.89. The number of aliphatic hydroxyl groups is 1. The van der Waals surface area contributed by atoms with Crippen LogP contribution >= 0.6 is 0 Å². The summed E-state index contributed by atoms with van der Waals surface area (Å²) in [4.78, 5) is 23.4. The van der Waals surface area contributed by atoms with E-state index in [0.29, 0.717) is 54.5 Å². The Labute approximate surface area is 270 Å². The number of hydrogen-bond acceptors (Lipinski definition) is 8. The van der Waals surface area contributed by atoms with Gasteiger partial charge in [0, 0.05) is 80.1 Å². The van der Waals surface area contributed by atoms with Crippen molar-refractivity contribution in [1.29, 1.82) is 0 Å². The van der Waals surface area contributed by atoms with Gasteiger partial charge in [0.15, 0.2) is 0 Å². The maximum atomic E-state index is 11.7. The van der Waals surface area contributed by atoms with Gasteiger partial charge in [0.2, 0.25) is 0 Å². The normalized spacial score (nSPS) is 47.9. The number of hydrogen-bond donors (Lipinski definition) is 7. The van der Waals surface area contributed by atoms with E-state index < -0.39 is 18.0 Å². The summed E-state index contributed by atoms with van der Waals surface area (Å²) in [5, 5.41) is 46.4. The van der Waals surface area contributed by atoms with Gasteiger partial charge in [-0.15, -0.1) is 0 Å². The van der Waals surface area contributed by atoms with Gasteiger partial charge in [0.05, 0.1) is 12.2 Å². The van der Waals surface area contributed by atoms with E-state index in [9.17, 15) is 24.9 Å². The van der Waals surface area contributed by atoms with Gasteiger partial charge in [0.25, 0.3) is 0 Å². The van der Waals surface area contributed by atoms with Crippen molar-refractivity contribution in [3.05, 3.63) is 0 Å². The van der Waals surface area contributed by atoms with Gasteiger partial charge in [-0.05, 0) is 87.9 Å². The third-order valence-electron chi connectivity index (χ3n) is 13.7. The Hall–Kier alpha value is -1.30. The third-order valence-corrected chi connectivity index (χ3v) is 13.7. The number of aliphatic carboxylic acids is 2. The van der Waals surface area contributed by atoms with Crippen LogP contribution < -0.4 is 21.3 Å². The van der Waals surface area contributed by atoms with Crippen LogP contribution in [0.5, 0.6) is 0 Å². The summed E-state index contributed by atoms with van der Waals surface area (Å²) in [6.07, 6.45) is 5.04. The molecule has 0 radical (unpaired) electrons. The molecule has 0 aromatic heterocycles. The molecule has 5 aliphatic heterocycles. The minimum atomic E-state index is -0.754. The van der Waals surface area contributed by atoms with E-state index in [2.05, 4.69) is 55.9 Å². The quantitative estimate of drug-likeness (QED) is 0.202. The lowest BCUT2D eigenvalue weighted by atomic mass is 9.76. The van der Waals surface area contributed by atoms with Gasteiger partial charge in [-0.25, -0.2) is 0 Å². The number of nitrogens with one attached hydrogen (secondary N) is 4. The Balaban J connectivity index is 1.49. The van der Waals surface area contributed by atoms with Crippen molar-refractivity contribution in [2.24, 2.45) is 47.3 Å². The van der Waals surface area contributed by atoms with Crippen molar-refractivity contribution < 1.29 is 29.6 Å². The number of fused-ring (bicyclic) bond motifs is 8. The molecule has 45 heavy (non-hydrogen) atoms. The average Bonchev–Trinajstić information content (AvgIpc) is 3.63. The van der Waals surface area contributed by atoms with Crippen LogP contribution in [0, 0.1) is 47.3 Å². The minimum absolute atomic E-state index is 0.123. The van der Waals surface area contributed by atoms with Crippen molar-refractivity contribution in [1.82, 2.24) is 21.3 Å². The molecule has 5 saturated heterocycles. The summed E-state index contributed by atoms with van der Waals surface area (Å²) >= 11 is 0. The first-order chi connectivity index (χ1) is 21.3. The average molecular weight is 635 g/mol. The molecular weight excluding hydrogens is 572 g/mol. The lowest BCUT2D eigenvalue weighted by Gasteiger charge is -2.31. The molecule has 10 heteroatoms. The molecule has 0 amide bonds. The van der Waals surface area contributed by atoms with Crippen molar-refractivity contribution in [3.63, 3.8) is 0 Å². The fourth-order valence-electron chi connectivity index (χ4n) is 11.1. The third kappa shape index (κ3) is 7.26. The smallest absolute Gasteiger partial charge is 0.303 e. The Morgan fingerprint density at radius 1 is 0.622 bits per heavy atom. The Morgan fingerprint density at radius 2 is 0.978 bits per heavy atom. The Kier molecular flexibility index (Phi) is 11.2. The van der Waals surface area contributed by atoms with E-state index in [-0.39, 0.29) is 73.0 Å². The molecule has 5 aliphatic rings. The summed E-state index contributed by atoms with van der Waals surface area (Å²) < 4.78 is 5.97. The zero-order valence-corrected chi connectivity index (χ0v) is 28.6. The van der Waals surface area contributed by atoms with E-state index in [4.69, 9.17) is 4.74 Å². The summed E-state index contributed by atoms with van der Waals surface area (Å²) in [7, 11) is 1.82. The predicted molar refractivity (Wildman–Crippen MR) is 174 cm³/mol. The zero-order chi connectivity index (χ0) is 32.7. The predicted octanol–water partition coefficient (Wildman–Crippen LogP) is 3.08.